The number of carbonyl (C=O) groups excluding carboxylic acids is 2. The molecule has 2 amide bonds. The van der Waals surface area contributed by atoms with E-state index in [9.17, 15) is 9.59 Å². The molecule has 4 aliphatic rings. The smallest absolute Gasteiger partial charge is 0.222 e. The number of nitrogens with one attached hydrogen (secondary N) is 1. The van der Waals surface area contributed by atoms with Crippen molar-refractivity contribution in [2.45, 2.75) is 89.8 Å². The summed E-state index contributed by atoms with van der Waals surface area (Å²) in [4.78, 5) is 32.0. The van der Waals surface area contributed by atoms with Gasteiger partial charge in [-0.25, -0.2) is 4.68 Å². The number of fused-ring (bicyclic) bond motifs is 2. The second-order valence-corrected chi connectivity index (χ2v) is 19.4. The number of aromatic nitrogens is 5. The number of rotatable bonds is 13. The average molecular weight is 911 g/mol. The summed E-state index contributed by atoms with van der Waals surface area (Å²) in [6.07, 6.45) is 21.9. The number of hydrogen-bond donors (Lipinski definition) is 1. The molecule has 0 bridgehead atoms. The fourth-order valence-corrected chi connectivity index (χ4v) is 10.8. The molecule has 1 N–H and O–H groups in total. The Hall–Kier alpha value is -6.46. The van der Waals surface area contributed by atoms with Crippen molar-refractivity contribution in [3.05, 3.63) is 151 Å². The maximum atomic E-state index is 12.7. The van der Waals surface area contributed by atoms with Gasteiger partial charge in [0.15, 0.2) is 0 Å². The number of hydrogen-bond acceptors (Lipinski definition) is 6. The van der Waals surface area contributed by atoms with E-state index in [0.717, 1.165) is 121 Å². The molecule has 3 fully saturated rings. The molecule has 0 aliphatic carbocycles. The molecule has 11 heteroatoms. The van der Waals surface area contributed by atoms with Crippen molar-refractivity contribution >= 4 is 28.4 Å². The van der Waals surface area contributed by atoms with Crippen LogP contribution in [-0.2, 0) is 40.1 Å². The van der Waals surface area contributed by atoms with Gasteiger partial charge < -0.3 is 24.0 Å². The van der Waals surface area contributed by atoms with E-state index in [4.69, 9.17) is 4.74 Å². The topological polar surface area (TPSA) is 105 Å². The van der Waals surface area contributed by atoms with Crippen molar-refractivity contribution < 1.29 is 14.3 Å². The largest absolute Gasteiger partial charge is 0.371 e. The lowest BCUT2D eigenvalue weighted by molar-refractivity contribution is -0.133. The molecule has 0 radical (unpaired) electrons. The molecule has 11 nitrogen and oxygen atoms in total. The fraction of sp³-hybridized carbons (Fsp3) is 0.404. The summed E-state index contributed by atoms with van der Waals surface area (Å²) in [6, 6.07) is 36.3. The van der Waals surface area contributed by atoms with Crippen LogP contribution in [0.1, 0.15) is 80.7 Å². The van der Waals surface area contributed by atoms with Crippen molar-refractivity contribution in [2.75, 3.05) is 50.8 Å². The van der Waals surface area contributed by atoms with Crippen molar-refractivity contribution in [1.82, 2.24) is 34.3 Å². The minimum atomic E-state index is 0.0675. The van der Waals surface area contributed by atoms with Crippen LogP contribution < -0.4 is 4.90 Å². The van der Waals surface area contributed by atoms with Gasteiger partial charge in [0, 0.05) is 112 Å². The van der Waals surface area contributed by atoms with Gasteiger partial charge in [-0.2, -0.15) is 10.2 Å². The molecule has 68 heavy (non-hydrogen) atoms. The monoisotopic (exact) mass is 911 g/mol. The molecule has 0 spiro atoms. The minimum absolute atomic E-state index is 0.0675. The van der Waals surface area contributed by atoms with E-state index >= 15 is 0 Å². The molecule has 1 atom stereocenters. The van der Waals surface area contributed by atoms with E-state index in [0.29, 0.717) is 36.5 Å². The van der Waals surface area contributed by atoms with Crippen molar-refractivity contribution in [3.63, 3.8) is 0 Å². The predicted octanol–water partition coefficient (Wildman–Crippen LogP) is 10.4. The molecule has 11 rings (SSSR count). The van der Waals surface area contributed by atoms with Crippen LogP contribution in [0.4, 0.5) is 5.69 Å². The van der Waals surface area contributed by atoms with Crippen LogP contribution in [0.5, 0.6) is 0 Å². The van der Waals surface area contributed by atoms with Gasteiger partial charge in [-0.3, -0.25) is 14.7 Å². The van der Waals surface area contributed by atoms with Gasteiger partial charge in [-0.15, -0.1) is 0 Å². The molecular weight excluding hydrogens is 845 g/mol. The van der Waals surface area contributed by atoms with Gasteiger partial charge in [-0.1, -0.05) is 72.8 Å². The maximum absolute atomic E-state index is 12.7. The Morgan fingerprint density at radius 3 is 1.96 bits per heavy atom. The van der Waals surface area contributed by atoms with Crippen molar-refractivity contribution in [2.24, 2.45) is 11.8 Å². The number of aryl methyl sites for hydroxylation is 2. The number of benzene rings is 4. The highest BCUT2D eigenvalue weighted by molar-refractivity contribution is 5.85. The first-order valence-electron chi connectivity index (χ1n) is 25.2. The number of ether oxygens (including phenoxy) is 1. The van der Waals surface area contributed by atoms with Gasteiger partial charge in [0.05, 0.1) is 12.4 Å². The Morgan fingerprint density at radius 1 is 0.647 bits per heavy atom. The first-order valence-corrected chi connectivity index (χ1v) is 25.2. The lowest BCUT2D eigenvalue weighted by atomic mass is 9.95. The molecule has 4 aromatic carbocycles. The van der Waals surface area contributed by atoms with Gasteiger partial charge in [0.25, 0.3) is 0 Å². The molecule has 352 valence electrons. The zero-order valence-corrected chi connectivity index (χ0v) is 39.4. The third kappa shape index (κ3) is 11.1. The first kappa shape index (κ1) is 45.3. The zero-order chi connectivity index (χ0) is 46.1. The Balaban J connectivity index is 0.000000161. The Kier molecular flexibility index (Phi) is 14.4. The van der Waals surface area contributed by atoms with Crippen LogP contribution in [0.15, 0.2) is 134 Å². The minimum Gasteiger partial charge on any atom is -0.371 e. The number of nitrogens with zero attached hydrogens (tertiary/aromatic N) is 7. The normalized spacial score (nSPS) is 17.8. The van der Waals surface area contributed by atoms with E-state index in [1.165, 1.54) is 50.8 Å². The van der Waals surface area contributed by atoms with Gasteiger partial charge >= 0.3 is 0 Å². The van der Waals surface area contributed by atoms with Crippen molar-refractivity contribution in [1.29, 1.82) is 0 Å². The summed E-state index contributed by atoms with van der Waals surface area (Å²) in [7, 11) is 0. The second kappa shape index (κ2) is 21.7. The van der Waals surface area contributed by atoms with E-state index in [2.05, 4.69) is 114 Å². The Bertz CT molecular complexity index is 2710. The molecule has 0 saturated carbocycles. The van der Waals surface area contributed by atoms with Crippen LogP contribution in [-0.4, -0.2) is 92.0 Å². The second-order valence-electron chi connectivity index (χ2n) is 19.4. The maximum Gasteiger partial charge on any atom is 0.222 e. The molecule has 1 unspecified atom stereocenters. The predicted molar refractivity (Wildman–Crippen MR) is 270 cm³/mol. The molecule has 4 aliphatic heterocycles. The molecule has 7 aromatic rings. The first-order chi connectivity index (χ1) is 33.5. The zero-order valence-electron chi connectivity index (χ0n) is 39.4. The van der Waals surface area contributed by atoms with E-state index in [1.807, 2.05) is 59.7 Å². The van der Waals surface area contributed by atoms with Crippen LogP contribution >= 0.6 is 0 Å². The lowest BCUT2D eigenvalue weighted by Gasteiger charge is -2.34. The van der Waals surface area contributed by atoms with Gasteiger partial charge in [0.2, 0.25) is 11.8 Å². The summed E-state index contributed by atoms with van der Waals surface area (Å²) in [5, 5.41) is 12.8. The van der Waals surface area contributed by atoms with E-state index in [1.54, 1.807) is 0 Å². The highest BCUT2D eigenvalue weighted by atomic mass is 16.5. The summed E-state index contributed by atoms with van der Waals surface area (Å²) in [5.41, 5.74) is 11.3. The molecular formula is C57H66N8O3. The number of piperidine rings is 2. The van der Waals surface area contributed by atoms with Crippen LogP contribution in [0, 0.1) is 11.8 Å². The van der Waals surface area contributed by atoms with Crippen LogP contribution in [0.3, 0.4) is 0 Å². The molecule has 3 aromatic heterocycles. The number of H-pyrrole nitrogens is 1. The quantitative estimate of drug-likeness (QED) is 0.124. The highest BCUT2D eigenvalue weighted by Gasteiger charge is 2.28. The van der Waals surface area contributed by atoms with Crippen molar-refractivity contribution in [3.8, 4) is 22.3 Å². The molecule has 7 heterocycles. The fourth-order valence-electron chi connectivity index (χ4n) is 10.8. The number of carbonyl (C=O) groups is 2. The number of amides is 2. The Labute approximate surface area is 401 Å². The summed E-state index contributed by atoms with van der Waals surface area (Å²) >= 11 is 0. The summed E-state index contributed by atoms with van der Waals surface area (Å²) in [5.74, 6) is 1.86. The van der Waals surface area contributed by atoms with E-state index in [-0.39, 0.29) is 6.23 Å². The Morgan fingerprint density at radius 2 is 1.31 bits per heavy atom. The third-order valence-corrected chi connectivity index (χ3v) is 14.9. The van der Waals surface area contributed by atoms with Crippen LogP contribution in [0.25, 0.3) is 33.2 Å². The number of anilines is 1. The summed E-state index contributed by atoms with van der Waals surface area (Å²) in [6.45, 7) is 7.57. The third-order valence-electron chi connectivity index (χ3n) is 14.9. The number of likely N-dealkylation sites (tertiary alicyclic amines) is 2. The summed E-state index contributed by atoms with van der Waals surface area (Å²) < 4.78 is 10.2. The van der Waals surface area contributed by atoms with Gasteiger partial charge in [0.1, 0.15) is 6.23 Å². The molecule has 3 saturated heterocycles. The standard InChI is InChI=1S/C31H36N4O2.C26H30N4O/c36-30(12-9-24-6-2-1-3-7-24)33-16-13-25(14-17-33)22-34-18-15-27-20-26(10-11-29(27)34)28-21-32-35(23-28)31-8-4-5-19-37-31;31-26(9-6-20-4-2-1-3-5-20)29-13-10-21(11-14-29)19-30-15-12-23-16-22(7-8-25(23)30)24-17-27-28-18-24/h1-3,6-7,10-11,15,18,20-21,23,25,31H,4-5,8-9,12-14,16-17,19,22H2;1-5,7-8,16-18,21H,6,9-15,19H2,(H,27,28). The van der Waals surface area contributed by atoms with Crippen LogP contribution in [0.2, 0.25) is 0 Å². The number of aromatic amines is 1. The highest BCUT2D eigenvalue weighted by Crippen LogP contribution is 2.34. The average Bonchev–Trinajstić information content (AvgIpc) is 4.25. The SMILES string of the molecule is O=C(CCc1ccccc1)N1CCC(CN2CCc3cc(-c4cn[nH]c4)ccc32)CC1.O=C(CCc1ccccc1)N1CCC(Cn2ccc3cc(-c4cnn(C5CCCCO5)c4)ccc32)CC1. The van der Waals surface area contributed by atoms with E-state index < -0.39 is 0 Å². The lowest BCUT2D eigenvalue weighted by Crippen LogP contribution is -2.41. The van der Waals surface area contributed by atoms with Gasteiger partial charge in [-0.05, 0) is 134 Å².